The van der Waals surface area contributed by atoms with Crippen molar-refractivity contribution in [3.8, 4) is 5.75 Å². The Morgan fingerprint density at radius 2 is 1.81 bits per heavy atom. The standard InChI is InChI=1S/C22H23N2O7P/c1-24(2)21(32)10-3-4-12(25)15-11(10)6-8-5-9-7-13(26)16(20(23)30)19(29)22(9,31)18(28)14(8)17(15)27/h3-4,8-9,14,16,25,31-32H,5-7H2,1-2H3,(H2,23,30)/t8-,9+,14?,16?,22+/m1/s1. The number of aliphatic hydroxyl groups is 1. The van der Waals surface area contributed by atoms with Gasteiger partial charge >= 0.3 is 0 Å². The van der Waals surface area contributed by atoms with E-state index in [1.807, 2.05) is 0 Å². The minimum absolute atomic E-state index is 0.0254. The number of ketones is 4. The van der Waals surface area contributed by atoms with Gasteiger partial charge in [0, 0.05) is 23.3 Å². The lowest BCUT2D eigenvalue weighted by Gasteiger charge is -2.48. The Balaban J connectivity index is 1.83. The van der Waals surface area contributed by atoms with Crippen LogP contribution in [0.15, 0.2) is 12.1 Å². The van der Waals surface area contributed by atoms with Gasteiger partial charge in [0.1, 0.15) is 5.75 Å². The number of phenolic OH excluding ortho intramolecular Hbond substituents is 1. The van der Waals surface area contributed by atoms with E-state index in [0.717, 1.165) is 0 Å². The summed E-state index contributed by atoms with van der Waals surface area (Å²) in [7, 11) is 7.14. The maximum atomic E-state index is 13.4. The summed E-state index contributed by atoms with van der Waals surface area (Å²) < 4.78 is 0. The van der Waals surface area contributed by atoms with Gasteiger partial charge in [0.15, 0.2) is 34.7 Å². The van der Waals surface area contributed by atoms with Gasteiger partial charge in [0.05, 0.1) is 11.5 Å². The minimum atomic E-state index is -2.63. The number of phenols is 1. The van der Waals surface area contributed by atoms with Gasteiger partial charge in [-0.2, -0.15) is 0 Å². The van der Waals surface area contributed by atoms with Crippen molar-refractivity contribution in [3.63, 3.8) is 0 Å². The average Bonchev–Trinajstić information content (AvgIpc) is 2.70. The Labute approximate surface area is 185 Å². The number of rotatable bonds is 3. The van der Waals surface area contributed by atoms with Gasteiger partial charge in [-0.3, -0.25) is 28.9 Å². The predicted octanol–water partition coefficient (Wildman–Crippen LogP) is -0.491. The molecule has 1 aromatic carbocycles. The van der Waals surface area contributed by atoms with Gasteiger partial charge in [0.25, 0.3) is 0 Å². The largest absolute Gasteiger partial charge is 0.507 e. The molecule has 0 heterocycles. The van der Waals surface area contributed by atoms with Crippen LogP contribution in [0.1, 0.15) is 34.3 Å². The highest BCUT2D eigenvalue weighted by Gasteiger charge is 2.66. The summed E-state index contributed by atoms with van der Waals surface area (Å²) in [5.74, 6) is -10.1. The highest BCUT2D eigenvalue weighted by molar-refractivity contribution is 7.21. The predicted molar refractivity (Wildman–Crippen MR) is 115 cm³/mol. The van der Waals surface area contributed by atoms with E-state index in [2.05, 4.69) is 8.86 Å². The van der Waals surface area contributed by atoms with Crippen LogP contribution >= 0.6 is 8.86 Å². The van der Waals surface area contributed by atoms with Crippen molar-refractivity contribution in [2.75, 3.05) is 14.1 Å². The van der Waals surface area contributed by atoms with E-state index in [4.69, 9.17) is 5.73 Å². The molecular weight excluding hydrogens is 435 g/mol. The summed E-state index contributed by atoms with van der Waals surface area (Å²) >= 11 is 0. The molecule has 10 heteroatoms. The molecule has 1 aromatic rings. The molecule has 4 rings (SSSR count). The van der Waals surface area contributed by atoms with Gasteiger partial charge in [0.2, 0.25) is 5.91 Å². The normalized spacial score (nSPS) is 31.8. The van der Waals surface area contributed by atoms with E-state index >= 15 is 0 Å². The molecule has 9 nitrogen and oxygen atoms in total. The SMILES string of the molecule is CN(C)C(=P)c1ccc(O)c2c1C[C@H]1C[C@H]3CC(=O)C(C(N)=O)C(=O)[C@@]3(O)C(=O)C1C2=O. The smallest absolute Gasteiger partial charge is 0.235 e. The zero-order chi connectivity index (χ0) is 23.7. The van der Waals surface area contributed by atoms with Gasteiger partial charge in [-0.05, 0) is 50.6 Å². The van der Waals surface area contributed by atoms with Crippen molar-refractivity contribution in [1.82, 2.24) is 4.90 Å². The van der Waals surface area contributed by atoms with Crippen LogP contribution < -0.4 is 5.73 Å². The summed E-state index contributed by atoms with van der Waals surface area (Å²) in [5, 5.41) is 21.6. The fraction of sp³-hybridized carbons (Fsp3) is 0.455. The Morgan fingerprint density at radius 1 is 1.16 bits per heavy atom. The molecule has 0 bridgehead atoms. The zero-order valence-corrected chi connectivity index (χ0v) is 18.5. The van der Waals surface area contributed by atoms with Gasteiger partial charge < -0.3 is 15.9 Å². The maximum absolute atomic E-state index is 13.4. The average molecular weight is 458 g/mol. The number of nitrogens with zero attached hydrogens (tertiary/aromatic N) is 1. The third-order valence-electron chi connectivity index (χ3n) is 6.99. The summed E-state index contributed by atoms with van der Waals surface area (Å²) in [6.45, 7) is 0. The van der Waals surface area contributed by atoms with Crippen molar-refractivity contribution in [3.05, 3.63) is 28.8 Å². The van der Waals surface area contributed by atoms with Gasteiger partial charge in [-0.1, -0.05) is 0 Å². The Kier molecular flexibility index (Phi) is 5.19. The fourth-order valence-electron chi connectivity index (χ4n) is 5.43. The Morgan fingerprint density at radius 3 is 2.41 bits per heavy atom. The van der Waals surface area contributed by atoms with Crippen LogP contribution in [0.3, 0.4) is 0 Å². The number of Topliss-reactive ketones (excluding diaryl/α,β-unsaturated/α-hetero) is 4. The van der Waals surface area contributed by atoms with E-state index in [1.54, 1.807) is 25.1 Å². The number of carbonyl (C=O) groups excluding carboxylic acids is 5. The number of fused-ring (bicyclic) bond motifs is 3. The number of hydrogen-bond donors (Lipinski definition) is 3. The van der Waals surface area contributed by atoms with Gasteiger partial charge in [-0.25, -0.2) is 0 Å². The highest BCUT2D eigenvalue weighted by Crippen LogP contribution is 2.50. The Hall–Kier alpha value is -2.74. The van der Waals surface area contributed by atoms with Crippen LogP contribution in [0.2, 0.25) is 0 Å². The highest BCUT2D eigenvalue weighted by atomic mass is 31.0. The van der Waals surface area contributed by atoms with E-state index in [1.165, 1.54) is 6.07 Å². The summed E-state index contributed by atoms with van der Waals surface area (Å²) in [6, 6.07) is 3.02. The third-order valence-corrected chi connectivity index (χ3v) is 7.70. The summed E-state index contributed by atoms with van der Waals surface area (Å²) in [5.41, 5.74) is 4.40. The van der Waals surface area contributed by atoms with E-state index in [0.29, 0.717) is 16.5 Å². The first-order valence-electron chi connectivity index (χ1n) is 10.2. The molecule has 2 saturated carbocycles. The summed E-state index contributed by atoms with van der Waals surface area (Å²) in [6.07, 6.45) is -0.0572. The number of aromatic hydroxyl groups is 1. The van der Waals surface area contributed by atoms with E-state index in [-0.39, 0.29) is 30.6 Å². The van der Waals surface area contributed by atoms with Crippen LogP contribution in [0, 0.1) is 23.7 Å². The van der Waals surface area contributed by atoms with Gasteiger partial charge in [-0.15, -0.1) is 8.86 Å². The molecule has 168 valence electrons. The van der Waals surface area contributed by atoms with Crippen molar-refractivity contribution < 1.29 is 34.2 Å². The lowest BCUT2D eigenvalue weighted by molar-refractivity contribution is -0.175. The second kappa shape index (κ2) is 7.40. The number of amides is 1. The van der Waals surface area contributed by atoms with Crippen molar-refractivity contribution >= 4 is 43.3 Å². The second-order valence-corrected chi connectivity index (χ2v) is 9.44. The van der Waals surface area contributed by atoms with Crippen LogP contribution in [-0.2, 0) is 25.6 Å². The zero-order valence-electron chi connectivity index (χ0n) is 17.5. The molecule has 0 spiro atoms. The quantitative estimate of drug-likeness (QED) is 0.405. The van der Waals surface area contributed by atoms with Crippen molar-refractivity contribution in [2.24, 2.45) is 29.4 Å². The molecule has 5 atom stereocenters. The molecule has 0 aliphatic heterocycles. The number of nitrogens with two attached hydrogens (primary N) is 1. The molecule has 0 radical (unpaired) electrons. The van der Waals surface area contributed by atoms with Crippen LogP contribution in [0.4, 0.5) is 0 Å². The molecule has 1 amide bonds. The second-order valence-electron chi connectivity index (χ2n) is 8.97. The van der Waals surface area contributed by atoms with Crippen molar-refractivity contribution in [2.45, 2.75) is 24.9 Å². The van der Waals surface area contributed by atoms with Crippen LogP contribution in [0.25, 0.3) is 0 Å². The molecule has 3 aliphatic carbocycles. The number of carbonyl (C=O) groups is 5. The maximum Gasteiger partial charge on any atom is 0.235 e. The lowest BCUT2D eigenvalue weighted by Crippen LogP contribution is -2.68. The first-order valence-corrected chi connectivity index (χ1v) is 10.7. The molecular formula is C22H23N2O7P. The third kappa shape index (κ3) is 2.92. The molecule has 2 unspecified atom stereocenters. The van der Waals surface area contributed by atoms with Crippen LogP contribution in [0.5, 0.6) is 5.75 Å². The summed E-state index contributed by atoms with van der Waals surface area (Å²) in [4.78, 5) is 65.5. The minimum Gasteiger partial charge on any atom is -0.507 e. The molecule has 3 aliphatic rings. The topological polar surface area (TPSA) is 155 Å². The molecule has 2 fully saturated rings. The fourth-order valence-corrected chi connectivity index (χ4v) is 5.66. The first kappa shape index (κ1) is 22.5. The number of benzene rings is 1. The molecule has 4 N–H and O–H groups in total. The first-order chi connectivity index (χ1) is 14.9. The number of hydrogen-bond acceptors (Lipinski definition) is 7. The monoisotopic (exact) mass is 458 g/mol. The van der Waals surface area contributed by atoms with E-state index < -0.39 is 58.3 Å². The van der Waals surface area contributed by atoms with Crippen molar-refractivity contribution in [1.29, 1.82) is 0 Å². The Bertz CT molecular complexity index is 1130. The lowest BCUT2D eigenvalue weighted by atomic mass is 9.53. The molecule has 0 aromatic heterocycles. The number of primary amides is 1. The van der Waals surface area contributed by atoms with E-state index in [9.17, 15) is 34.2 Å². The molecule has 32 heavy (non-hydrogen) atoms. The molecule has 0 saturated heterocycles. The van der Waals surface area contributed by atoms with Crippen LogP contribution in [-0.4, -0.2) is 69.3 Å².